The summed E-state index contributed by atoms with van der Waals surface area (Å²) in [5, 5.41) is 22.7. The first-order chi connectivity index (χ1) is 15.7. The van der Waals surface area contributed by atoms with Crippen LogP contribution in [0.1, 0.15) is 67.7 Å². The van der Waals surface area contributed by atoms with Crippen molar-refractivity contribution in [3.8, 4) is 12.1 Å². The van der Waals surface area contributed by atoms with Crippen LogP contribution in [-0.4, -0.2) is 6.54 Å². The van der Waals surface area contributed by atoms with Gasteiger partial charge in [0.15, 0.2) is 0 Å². The van der Waals surface area contributed by atoms with Gasteiger partial charge in [0, 0.05) is 30.0 Å². The van der Waals surface area contributed by atoms with Crippen LogP contribution in [0, 0.1) is 46.3 Å². The Kier molecular flexibility index (Phi) is 4.71. The number of nitrogens with zero attached hydrogens (tertiary/aromatic N) is 2. The molecule has 1 N–H and O–H groups in total. The molecule has 3 heteroatoms. The van der Waals surface area contributed by atoms with Gasteiger partial charge in [-0.1, -0.05) is 43.2 Å². The van der Waals surface area contributed by atoms with Gasteiger partial charge in [-0.05, 0) is 83.9 Å². The Morgan fingerprint density at radius 3 is 2.66 bits per heavy atom. The minimum Gasteiger partial charge on any atom is -0.307 e. The molecule has 0 spiro atoms. The molecule has 0 amide bonds. The number of hydrogen-bond acceptors (Lipinski definition) is 3. The molecule has 1 aliphatic heterocycles. The van der Waals surface area contributed by atoms with E-state index in [1.807, 2.05) is 0 Å². The average Bonchev–Trinajstić information content (AvgIpc) is 3.46. The molecule has 0 bridgehead atoms. The van der Waals surface area contributed by atoms with E-state index in [4.69, 9.17) is 0 Å². The minimum absolute atomic E-state index is 0.215. The lowest BCUT2D eigenvalue weighted by molar-refractivity contribution is 0.247. The first-order valence-electron chi connectivity index (χ1n) is 12.2. The largest absolute Gasteiger partial charge is 0.307 e. The lowest BCUT2D eigenvalue weighted by atomic mass is 9.58. The fraction of sp³-hybridized carbons (Fsp3) is 0.448. The minimum atomic E-state index is 0.215. The molecule has 1 saturated carbocycles. The van der Waals surface area contributed by atoms with Crippen LogP contribution in [0.5, 0.6) is 0 Å². The van der Waals surface area contributed by atoms with E-state index < -0.39 is 0 Å². The van der Waals surface area contributed by atoms with Crippen molar-refractivity contribution in [3.05, 3.63) is 81.5 Å². The molecule has 3 nitrogen and oxygen atoms in total. The van der Waals surface area contributed by atoms with Crippen LogP contribution in [0.3, 0.4) is 0 Å². The smallest absolute Gasteiger partial charge is 0.0991 e. The maximum atomic E-state index is 9.73. The second-order valence-electron chi connectivity index (χ2n) is 10.3. The Morgan fingerprint density at radius 1 is 1.06 bits per heavy atom. The Labute approximate surface area is 190 Å². The van der Waals surface area contributed by atoms with Gasteiger partial charge in [-0.25, -0.2) is 0 Å². The maximum absolute atomic E-state index is 9.73. The van der Waals surface area contributed by atoms with Gasteiger partial charge in [-0.15, -0.1) is 0 Å². The summed E-state index contributed by atoms with van der Waals surface area (Å²) < 4.78 is 0. The predicted octanol–water partition coefficient (Wildman–Crippen LogP) is 6.00. The van der Waals surface area contributed by atoms with E-state index in [-0.39, 0.29) is 5.92 Å². The van der Waals surface area contributed by atoms with Crippen LogP contribution >= 0.6 is 0 Å². The molecule has 1 aromatic rings. The lowest BCUT2D eigenvalue weighted by Gasteiger charge is -2.46. The third-order valence-electron chi connectivity index (χ3n) is 8.42. The van der Waals surface area contributed by atoms with Crippen molar-refractivity contribution in [2.45, 2.75) is 51.0 Å². The summed E-state index contributed by atoms with van der Waals surface area (Å²) in [7, 11) is 0. The van der Waals surface area contributed by atoms with Gasteiger partial charge < -0.3 is 5.32 Å². The zero-order valence-corrected chi connectivity index (χ0v) is 18.6. The van der Waals surface area contributed by atoms with E-state index in [1.54, 1.807) is 5.57 Å². The molecule has 4 unspecified atom stereocenters. The first-order valence-corrected chi connectivity index (χ1v) is 12.2. The number of allylic oxidation sites excluding steroid dienone is 8. The third kappa shape index (κ3) is 3.11. The number of rotatable bonds is 3. The van der Waals surface area contributed by atoms with Crippen LogP contribution in [0.25, 0.3) is 0 Å². The number of hydrogen-bond donors (Lipinski definition) is 1. The van der Waals surface area contributed by atoms with Gasteiger partial charge in [0.05, 0.1) is 17.7 Å². The summed E-state index contributed by atoms with van der Waals surface area (Å²) in [5.41, 5.74) is 8.82. The number of benzene rings is 1. The number of fused-ring (bicyclic) bond motifs is 2. The predicted molar refractivity (Wildman–Crippen MR) is 125 cm³/mol. The van der Waals surface area contributed by atoms with Gasteiger partial charge in [-0.2, -0.15) is 10.5 Å². The molecule has 1 aromatic carbocycles. The highest BCUT2D eigenvalue weighted by molar-refractivity contribution is 5.58. The summed E-state index contributed by atoms with van der Waals surface area (Å²) in [5.74, 6) is 2.20. The SMILES string of the molecule is C[C@H]1C=C(C2=C3CCCC[C@H]3C(c3cc(C#N)cc(C4CN4)c3)C3CC=CC23)C=C1C#N. The molecule has 2 fully saturated rings. The quantitative estimate of drug-likeness (QED) is 0.482. The van der Waals surface area contributed by atoms with Crippen molar-refractivity contribution in [1.29, 1.82) is 10.5 Å². The summed E-state index contributed by atoms with van der Waals surface area (Å²) in [4.78, 5) is 0. The van der Waals surface area contributed by atoms with E-state index >= 15 is 0 Å². The molecule has 0 aromatic heterocycles. The van der Waals surface area contributed by atoms with Crippen molar-refractivity contribution in [2.75, 3.05) is 6.54 Å². The normalized spacial score (nSPS) is 34.8. The average molecular weight is 420 g/mol. The van der Waals surface area contributed by atoms with Crippen LogP contribution in [0.2, 0.25) is 0 Å². The van der Waals surface area contributed by atoms with Crippen molar-refractivity contribution in [3.63, 3.8) is 0 Å². The molecule has 1 saturated heterocycles. The highest BCUT2D eigenvalue weighted by Gasteiger charge is 2.46. The molecule has 6 atom stereocenters. The highest BCUT2D eigenvalue weighted by atomic mass is 15.1. The van der Waals surface area contributed by atoms with Gasteiger partial charge in [0.2, 0.25) is 0 Å². The van der Waals surface area contributed by atoms with Gasteiger partial charge in [0.1, 0.15) is 0 Å². The molecule has 4 aliphatic carbocycles. The molecular formula is C29H29N3. The second kappa shape index (κ2) is 7.61. The molecule has 6 rings (SSSR count). The van der Waals surface area contributed by atoms with Crippen LogP contribution in [0.4, 0.5) is 0 Å². The molecule has 160 valence electrons. The summed E-state index contributed by atoms with van der Waals surface area (Å²) in [6.45, 7) is 3.16. The van der Waals surface area contributed by atoms with E-state index in [0.29, 0.717) is 29.7 Å². The number of nitrogens with one attached hydrogen (secondary N) is 1. The summed E-state index contributed by atoms with van der Waals surface area (Å²) >= 11 is 0. The second-order valence-corrected chi connectivity index (χ2v) is 10.3. The van der Waals surface area contributed by atoms with E-state index in [2.05, 4.69) is 66.9 Å². The third-order valence-corrected chi connectivity index (χ3v) is 8.42. The standard InChI is InChI=1S/C29H29N3/c1-17-9-20(13-22(17)15-31)28-23-5-2-3-6-24(23)29(26-8-4-7-25(26)28)21-11-18(14-30)10-19(12-21)27-16-32-27/h4,7,9-13,17,24-27,29,32H,2-3,5-6,8,16H2,1H3/t17-,24+,25?,26?,27?,29?/m0/s1. The maximum Gasteiger partial charge on any atom is 0.0991 e. The fourth-order valence-electron chi connectivity index (χ4n) is 6.93. The van der Waals surface area contributed by atoms with Gasteiger partial charge in [0.25, 0.3) is 0 Å². The Balaban J connectivity index is 1.49. The van der Waals surface area contributed by atoms with E-state index in [1.165, 1.54) is 48.0 Å². The monoisotopic (exact) mass is 419 g/mol. The van der Waals surface area contributed by atoms with Crippen LogP contribution in [0.15, 0.2) is 64.8 Å². The van der Waals surface area contributed by atoms with Crippen molar-refractivity contribution < 1.29 is 0 Å². The van der Waals surface area contributed by atoms with Crippen molar-refractivity contribution in [1.82, 2.24) is 5.32 Å². The van der Waals surface area contributed by atoms with Crippen LogP contribution in [-0.2, 0) is 0 Å². The molecule has 5 aliphatic rings. The van der Waals surface area contributed by atoms with Gasteiger partial charge in [-0.3, -0.25) is 0 Å². The summed E-state index contributed by atoms with van der Waals surface area (Å²) in [6.07, 6.45) is 15.4. The highest BCUT2D eigenvalue weighted by Crippen LogP contribution is 2.58. The topological polar surface area (TPSA) is 69.5 Å². The molecule has 1 heterocycles. The van der Waals surface area contributed by atoms with Gasteiger partial charge >= 0.3 is 0 Å². The van der Waals surface area contributed by atoms with E-state index in [0.717, 1.165) is 24.1 Å². The Hall–Kier alpha value is -2.88. The fourth-order valence-corrected chi connectivity index (χ4v) is 6.93. The zero-order chi connectivity index (χ0) is 21.8. The van der Waals surface area contributed by atoms with Crippen molar-refractivity contribution in [2.24, 2.45) is 23.7 Å². The Morgan fingerprint density at radius 2 is 1.91 bits per heavy atom. The lowest BCUT2D eigenvalue weighted by Crippen LogP contribution is -2.35. The molecular weight excluding hydrogens is 390 g/mol. The zero-order valence-electron chi connectivity index (χ0n) is 18.6. The molecule has 32 heavy (non-hydrogen) atoms. The van der Waals surface area contributed by atoms with Crippen LogP contribution < -0.4 is 5.32 Å². The summed E-state index contributed by atoms with van der Waals surface area (Å²) in [6, 6.07) is 11.9. The Bertz CT molecular complexity index is 1180. The van der Waals surface area contributed by atoms with Crippen molar-refractivity contribution >= 4 is 0 Å². The van der Waals surface area contributed by atoms with E-state index in [9.17, 15) is 10.5 Å². The molecule has 0 radical (unpaired) electrons. The first kappa shape index (κ1) is 19.8. The number of nitriles is 2.